The molecule has 0 spiro atoms. The maximum absolute atomic E-state index is 3.59. The predicted octanol–water partition coefficient (Wildman–Crippen LogP) is 4.47. The summed E-state index contributed by atoms with van der Waals surface area (Å²) < 4.78 is 1.23. The van der Waals surface area contributed by atoms with Crippen LogP contribution < -0.4 is 5.32 Å². The first-order valence-electron chi connectivity index (χ1n) is 5.88. The fraction of sp³-hybridized carbons (Fsp3) is 0.692. The second kappa shape index (κ2) is 6.18. The molecule has 1 aromatic rings. The Morgan fingerprint density at radius 2 is 2.06 bits per heavy atom. The molecule has 3 heteroatoms. The van der Waals surface area contributed by atoms with Gasteiger partial charge in [0.05, 0.1) is 3.79 Å². The summed E-state index contributed by atoms with van der Waals surface area (Å²) in [5, 5.41) is 3.59. The van der Waals surface area contributed by atoms with E-state index in [0.29, 0.717) is 11.5 Å². The maximum atomic E-state index is 3.59. The molecule has 0 aliphatic rings. The molecular weight excluding hydrogens is 282 g/mol. The van der Waals surface area contributed by atoms with Crippen LogP contribution in [0.5, 0.6) is 0 Å². The third kappa shape index (κ3) is 5.46. The predicted molar refractivity (Wildman–Crippen MR) is 77.3 cm³/mol. The van der Waals surface area contributed by atoms with Crippen molar-refractivity contribution in [3.63, 3.8) is 0 Å². The van der Waals surface area contributed by atoms with Gasteiger partial charge in [-0.3, -0.25) is 0 Å². The zero-order valence-corrected chi connectivity index (χ0v) is 13.0. The van der Waals surface area contributed by atoms with Crippen molar-refractivity contribution in [2.75, 3.05) is 6.54 Å². The Hall–Kier alpha value is 0.140. The third-order valence-electron chi connectivity index (χ3n) is 2.43. The average Bonchev–Trinajstić information content (AvgIpc) is 2.48. The molecule has 1 nitrogen and oxygen atoms in total. The van der Waals surface area contributed by atoms with Gasteiger partial charge in [0.1, 0.15) is 0 Å². The van der Waals surface area contributed by atoms with Gasteiger partial charge in [0, 0.05) is 10.9 Å². The van der Waals surface area contributed by atoms with Crippen LogP contribution in [0.3, 0.4) is 0 Å². The van der Waals surface area contributed by atoms with Gasteiger partial charge in [0.15, 0.2) is 0 Å². The number of hydrogen-bond acceptors (Lipinski definition) is 2. The largest absolute Gasteiger partial charge is 0.314 e. The van der Waals surface area contributed by atoms with Crippen molar-refractivity contribution in [3.05, 3.63) is 20.8 Å². The first kappa shape index (κ1) is 14.2. The highest BCUT2D eigenvalue weighted by molar-refractivity contribution is 9.11. The van der Waals surface area contributed by atoms with Gasteiger partial charge in [-0.15, -0.1) is 11.3 Å². The molecular formula is C13H22BrNS. The highest BCUT2D eigenvalue weighted by Crippen LogP contribution is 2.27. The molecule has 0 fully saturated rings. The van der Waals surface area contributed by atoms with E-state index in [1.807, 2.05) is 11.3 Å². The highest BCUT2D eigenvalue weighted by atomic mass is 79.9. The molecule has 0 aliphatic heterocycles. The second-order valence-electron chi connectivity index (χ2n) is 5.43. The molecule has 92 valence electrons. The van der Waals surface area contributed by atoms with E-state index in [0.717, 1.165) is 13.0 Å². The zero-order valence-electron chi connectivity index (χ0n) is 10.6. The molecule has 1 rings (SSSR count). The van der Waals surface area contributed by atoms with E-state index < -0.39 is 0 Å². The summed E-state index contributed by atoms with van der Waals surface area (Å²) >= 11 is 5.37. The van der Waals surface area contributed by atoms with Gasteiger partial charge in [0.2, 0.25) is 0 Å². The van der Waals surface area contributed by atoms with Crippen LogP contribution in [0.2, 0.25) is 0 Å². The van der Waals surface area contributed by atoms with Crippen LogP contribution in [0, 0.1) is 5.41 Å². The number of nitrogens with one attached hydrogen (secondary N) is 1. The average molecular weight is 304 g/mol. The topological polar surface area (TPSA) is 12.0 Å². The number of thiophene rings is 1. The van der Waals surface area contributed by atoms with E-state index in [9.17, 15) is 0 Å². The number of hydrogen-bond donors (Lipinski definition) is 1. The quantitative estimate of drug-likeness (QED) is 0.846. The van der Waals surface area contributed by atoms with Crippen molar-refractivity contribution in [2.45, 2.75) is 46.6 Å². The van der Waals surface area contributed by atoms with E-state index in [2.05, 4.69) is 61.1 Å². The summed E-state index contributed by atoms with van der Waals surface area (Å²) in [6.45, 7) is 10.2. The normalized spacial score (nSPS) is 14.1. The lowest BCUT2D eigenvalue weighted by atomic mass is 9.87. The first-order valence-corrected chi connectivity index (χ1v) is 7.49. The Kier molecular flexibility index (Phi) is 5.48. The number of likely N-dealkylation sites (N-methyl/N-ethyl adjacent to an activating group) is 1. The summed E-state index contributed by atoms with van der Waals surface area (Å²) in [4.78, 5) is 1.46. The molecule has 0 aliphatic carbocycles. The minimum atomic E-state index is 0.390. The molecule has 0 amide bonds. The van der Waals surface area contributed by atoms with Crippen molar-refractivity contribution in [3.8, 4) is 0 Å². The Balaban J connectivity index is 2.57. The molecule has 1 aromatic heterocycles. The van der Waals surface area contributed by atoms with Crippen LogP contribution in [-0.4, -0.2) is 12.6 Å². The lowest BCUT2D eigenvalue weighted by Gasteiger charge is -2.26. The monoisotopic (exact) mass is 303 g/mol. The molecule has 0 bridgehead atoms. The Labute approximate surface area is 112 Å². The van der Waals surface area contributed by atoms with Gasteiger partial charge in [-0.1, -0.05) is 27.7 Å². The fourth-order valence-corrected chi connectivity index (χ4v) is 3.51. The zero-order chi connectivity index (χ0) is 12.2. The molecule has 1 unspecified atom stereocenters. The maximum Gasteiger partial charge on any atom is 0.0701 e. The van der Waals surface area contributed by atoms with Crippen LogP contribution in [0.1, 0.15) is 39.0 Å². The van der Waals surface area contributed by atoms with Crippen LogP contribution in [0.25, 0.3) is 0 Å². The SMILES string of the molecule is CCNC(Cc1ccc(Br)s1)CC(C)(C)C. The number of rotatable bonds is 5. The second-order valence-corrected chi connectivity index (χ2v) is 7.98. The molecule has 1 heterocycles. The Morgan fingerprint density at radius 1 is 1.38 bits per heavy atom. The Morgan fingerprint density at radius 3 is 2.50 bits per heavy atom. The summed E-state index contributed by atoms with van der Waals surface area (Å²) in [5.41, 5.74) is 0.390. The van der Waals surface area contributed by atoms with Crippen LogP contribution in [-0.2, 0) is 6.42 Å². The van der Waals surface area contributed by atoms with Gasteiger partial charge in [-0.05, 0) is 52.9 Å². The van der Waals surface area contributed by atoms with E-state index in [1.54, 1.807) is 0 Å². The van der Waals surface area contributed by atoms with E-state index in [1.165, 1.54) is 15.1 Å². The fourth-order valence-electron chi connectivity index (χ4n) is 1.95. The van der Waals surface area contributed by atoms with Crippen molar-refractivity contribution in [1.29, 1.82) is 0 Å². The third-order valence-corrected chi connectivity index (χ3v) is 4.07. The summed E-state index contributed by atoms with van der Waals surface area (Å²) in [5.74, 6) is 0. The van der Waals surface area contributed by atoms with Gasteiger partial charge in [-0.2, -0.15) is 0 Å². The molecule has 0 aromatic carbocycles. The van der Waals surface area contributed by atoms with Crippen LogP contribution >= 0.6 is 27.3 Å². The molecule has 0 saturated carbocycles. The standard InChI is InChI=1S/C13H22BrNS/c1-5-15-10(9-13(2,3)4)8-11-6-7-12(14)16-11/h6-7,10,15H,5,8-9H2,1-4H3. The van der Waals surface area contributed by atoms with Crippen molar-refractivity contribution in [1.82, 2.24) is 5.32 Å². The molecule has 0 radical (unpaired) electrons. The minimum absolute atomic E-state index is 0.390. The van der Waals surface area contributed by atoms with E-state index in [4.69, 9.17) is 0 Å². The summed E-state index contributed by atoms with van der Waals surface area (Å²) in [7, 11) is 0. The number of halogens is 1. The Bertz CT molecular complexity index is 314. The minimum Gasteiger partial charge on any atom is -0.314 e. The van der Waals surface area contributed by atoms with Crippen LogP contribution in [0.4, 0.5) is 0 Å². The molecule has 1 N–H and O–H groups in total. The van der Waals surface area contributed by atoms with Gasteiger partial charge < -0.3 is 5.32 Å². The highest BCUT2D eigenvalue weighted by Gasteiger charge is 2.18. The van der Waals surface area contributed by atoms with Gasteiger partial charge in [-0.25, -0.2) is 0 Å². The van der Waals surface area contributed by atoms with Crippen LogP contribution in [0.15, 0.2) is 15.9 Å². The lowest BCUT2D eigenvalue weighted by molar-refractivity contribution is 0.310. The molecule has 16 heavy (non-hydrogen) atoms. The van der Waals surface area contributed by atoms with Crippen molar-refractivity contribution >= 4 is 27.3 Å². The van der Waals surface area contributed by atoms with Gasteiger partial charge >= 0.3 is 0 Å². The summed E-state index contributed by atoms with van der Waals surface area (Å²) in [6, 6.07) is 4.96. The van der Waals surface area contributed by atoms with Gasteiger partial charge in [0.25, 0.3) is 0 Å². The van der Waals surface area contributed by atoms with Crippen molar-refractivity contribution in [2.24, 2.45) is 5.41 Å². The first-order chi connectivity index (χ1) is 7.40. The smallest absolute Gasteiger partial charge is 0.0701 e. The lowest BCUT2D eigenvalue weighted by Crippen LogP contribution is -2.34. The summed E-state index contributed by atoms with van der Waals surface area (Å²) in [6.07, 6.45) is 2.36. The molecule has 1 atom stereocenters. The van der Waals surface area contributed by atoms with E-state index >= 15 is 0 Å². The van der Waals surface area contributed by atoms with Crippen molar-refractivity contribution < 1.29 is 0 Å². The van der Waals surface area contributed by atoms with E-state index in [-0.39, 0.29) is 0 Å². The molecule has 0 saturated heterocycles.